The fraction of sp³-hybridized carbons (Fsp3) is 0. The Bertz CT molecular complexity index is 1290. The molecule has 0 aliphatic rings. The number of hydrogen-bond acceptors (Lipinski definition) is 3. The molecule has 1 aromatic heterocycles. The Morgan fingerprint density at radius 1 is 0.900 bits per heavy atom. The van der Waals surface area contributed by atoms with Crippen molar-refractivity contribution in [2.75, 3.05) is 5.32 Å². The summed E-state index contributed by atoms with van der Waals surface area (Å²) >= 11 is 3.26. The Kier molecular flexibility index (Phi) is 5.02. The lowest BCUT2D eigenvalue weighted by molar-refractivity contribution is 0.102. The van der Waals surface area contributed by atoms with Gasteiger partial charge in [-0.3, -0.25) is 4.79 Å². The van der Waals surface area contributed by atoms with Gasteiger partial charge in [0.1, 0.15) is 11.1 Å². The molecular formula is C20H8BrF5N2O2. The highest BCUT2D eigenvalue weighted by Gasteiger charge is 2.29. The van der Waals surface area contributed by atoms with E-state index in [4.69, 9.17) is 4.42 Å². The Hall–Kier alpha value is -3.27. The first-order valence-electron chi connectivity index (χ1n) is 8.26. The van der Waals surface area contributed by atoms with Crippen LogP contribution in [-0.2, 0) is 0 Å². The van der Waals surface area contributed by atoms with Gasteiger partial charge < -0.3 is 9.73 Å². The minimum atomic E-state index is -2.28. The Morgan fingerprint density at radius 2 is 1.53 bits per heavy atom. The van der Waals surface area contributed by atoms with Gasteiger partial charge in [-0.1, -0.05) is 12.1 Å². The summed E-state index contributed by atoms with van der Waals surface area (Å²) in [5.74, 6) is -11.8. The summed E-state index contributed by atoms with van der Waals surface area (Å²) in [6.07, 6.45) is 0. The fourth-order valence-corrected chi connectivity index (χ4v) is 3.21. The highest BCUT2D eigenvalue weighted by molar-refractivity contribution is 9.10. The molecule has 3 aromatic carbocycles. The maximum Gasteiger partial charge on any atom is 0.256 e. The van der Waals surface area contributed by atoms with E-state index in [0.717, 1.165) is 0 Å². The van der Waals surface area contributed by atoms with Crippen molar-refractivity contribution in [1.29, 1.82) is 0 Å². The first-order chi connectivity index (χ1) is 14.3. The zero-order chi connectivity index (χ0) is 21.6. The number of fused-ring (bicyclic) bond motifs is 1. The van der Waals surface area contributed by atoms with Crippen molar-refractivity contribution in [2.24, 2.45) is 0 Å². The first-order valence-corrected chi connectivity index (χ1v) is 9.05. The molecule has 0 saturated heterocycles. The van der Waals surface area contributed by atoms with Crippen LogP contribution in [0.4, 0.5) is 27.6 Å². The number of benzene rings is 3. The minimum Gasteiger partial charge on any atom is -0.436 e. The molecule has 1 heterocycles. The summed E-state index contributed by atoms with van der Waals surface area (Å²) < 4.78 is 73.9. The maximum absolute atomic E-state index is 14.0. The molecule has 0 fully saturated rings. The lowest BCUT2D eigenvalue weighted by Gasteiger charge is -2.06. The number of carbonyl (C=O) groups is 1. The van der Waals surface area contributed by atoms with Crippen LogP contribution in [0, 0.1) is 29.1 Å². The lowest BCUT2D eigenvalue weighted by Crippen LogP contribution is -2.12. The number of aromatic nitrogens is 1. The van der Waals surface area contributed by atoms with Crippen molar-refractivity contribution >= 4 is 38.6 Å². The van der Waals surface area contributed by atoms with Crippen LogP contribution in [-0.4, -0.2) is 10.9 Å². The van der Waals surface area contributed by atoms with Crippen molar-refractivity contribution in [3.05, 3.63) is 81.6 Å². The van der Waals surface area contributed by atoms with Gasteiger partial charge >= 0.3 is 0 Å². The summed E-state index contributed by atoms with van der Waals surface area (Å²) in [6.45, 7) is 0. The molecule has 0 saturated carbocycles. The summed E-state index contributed by atoms with van der Waals surface area (Å²) in [5, 5.41) is 2.62. The SMILES string of the molecule is O=C(Nc1ccc2oc(-c3c(F)c(F)c(F)c(F)c3F)nc2c1)c1ccccc1Br. The second-order valence-electron chi connectivity index (χ2n) is 6.08. The third-order valence-electron chi connectivity index (χ3n) is 4.19. The highest BCUT2D eigenvalue weighted by atomic mass is 79.9. The van der Waals surface area contributed by atoms with Crippen LogP contribution < -0.4 is 5.32 Å². The van der Waals surface area contributed by atoms with Gasteiger partial charge in [0.25, 0.3) is 5.91 Å². The van der Waals surface area contributed by atoms with Gasteiger partial charge in [-0.15, -0.1) is 0 Å². The van der Waals surface area contributed by atoms with Crippen molar-refractivity contribution in [1.82, 2.24) is 4.98 Å². The number of nitrogens with one attached hydrogen (secondary N) is 1. The molecule has 0 atom stereocenters. The Labute approximate surface area is 173 Å². The molecule has 152 valence electrons. The molecule has 0 radical (unpaired) electrons. The highest BCUT2D eigenvalue weighted by Crippen LogP contribution is 2.33. The second-order valence-corrected chi connectivity index (χ2v) is 6.93. The quantitative estimate of drug-likeness (QED) is 0.214. The van der Waals surface area contributed by atoms with E-state index >= 15 is 0 Å². The minimum absolute atomic E-state index is 0.0211. The summed E-state index contributed by atoms with van der Waals surface area (Å²) in [5.41, 5.74) is -0.575. The molecule has 4 nitrogen and oxygen atoms in total. The number of anilines is 1. The molecular weight excluding hydrogens is 475 g/mol. The van der Waals surface area contributed by atoms with Crippen LogP contribution in [0.15, 0.2) is 51.4 Å². The number of hydrogen-bond donors (Lipinski definition) is 1. The Morgan fingerprint density at radius 3 is 2.20 bits per heavy atom. The van der Waals surface area contributed by atoms with Gasteiger partial charge in [0, 0.05) is 10.2 Å². The van der Waals surface area contributed by atoms with E-state index in [1.165, 1.54) is 18.2 Å². The molecule has 0 aliphatic carbocycles. The van der Waals surface area contributed by atoms with E-state index in [9.17, 15) is 26.7 Å². The zero-order valence-electron chi connectivity index (χ0n) is 14.6. The number of nitrogens with zero attached hydrogens (tertiary/aromatic N) is 1. The average Bonchev–Trinajstić information content (AvgIpc) is 3.14. The monoisotopic (exact) mass is 482 g/mol. The summed E-state index contributed by atoms with van der Waals surface area (Å²) in [7, 11) is 0. The number of amides is 1. The molecule has 1 N–H and O–H groups in total. The van der Waals surface area contributed by atoms with Crippen molar-refractivity contribution in [2.45, 2.75) is 0 Å². The van der Waals surface area contributed by atoms with E-state index < -0.39 is 46.4 Å². The van der Waals surface area contributed by atoms with Crippen molar-refractivity contribution < 1.29 is 31.2 Å². The Balaban J connectivity index is 1.72. The molecule has 1 amide bonds. The molecule has 0 unspecified atom stereocenters. The summed E-state index contributed by atoms with van der Waals surface area (Å²) in [4.78, 5) is 16.2. The number of carbonyl (C=O) groups excluding carboxylic acids is 1. The van der Waals surface area contributed by atoms with Gasteiger partial charge in [0.15, 0.2) is 28.9 Å². The van der Waals surface area contributed by atoms with Gasteiger partial charge in [-0.05, 0) is 46.3 Å². The molecule has 0 aliphatic heterocycles. The predicted molar refractivity (Wildman–Crippen MR) is 101 cm³/mol. The van der Waals surface area contributed by atoms with Crippen LogP contribution >= 0.6 is 15.9 Å². The number of oxazole rings is 1. The zero-order valence-corrected chi connectivity index (χ0v) is 16.2. The standard InChI is InChI=1S/C20H8BrF5N2O2/c21-10-4-2-1-3-9(10)19(29)27-8-5-6-12-11(7-8)28-20(30-12)13-14(22)16(24)18(26)17(25)15(13)23/h1-7H,(H,27,29). The number of halogens is 6. The van der Waals surface area contributed by atoms with E-state index in [1.807, 2.05) is 0 Å². The van der Waals surface area contributed by atoms with Crippen molar-refractivity contribution in [3.8, 4) is 11.5 Å². The fourth-order valence-electron chi connectivity index (χ4n) is 2.75. The van der Waals surface area contributed by atoms with Gasteiger partial charge in [-0.2, -0.15) is 0 Å². The average molecular weight is 483 g/mol. The normalized spacial score (nSPS) is 11.1. The van der Waals surface area contributed by atoms with E-state index in [2.05, 4.69) is 26.2 Å². The van der Waals surface area contributed by atoms with Crippen LogP contribution in [0.1, 0.15) is 10.4 Å². The van der Waals surface area contributed by atoms with Crippen LogP contribution in [0.3, 0.4) is 0 Å². The van der Waals surface area contributed by atoms with Gasteiger partial charge in [-0.25, -0.2) is 26.9 Å². The molecule has 30 heavy (non-hydrogen) atoms. The third-order valence-corrected chi connectivity index (χ3v) is 4.88. The van der Waals surface area contributed by atoms with E-state index in [1.54, 1.807) is 24.3 Å². The lowest BCUT2D eigenvalue weighted by atomic mass is 10.1. The molecule has 4 aromatic rings. The van der Waals surface area contributed by atoms with Crippen LogP contribution in [0.25, 0.3) is 22.6 Å². The van der Waals surface area contributed by atoms with Crippen LogP contribution in [0.2, 0.25) is 0 Å². The van der Waals surface area contributed by atoms with E-state index in [0.29, 0.717) is 10.0 Å². The smallest absolute Gasteiger partial charge is 0.256 e. The van der Waals surface area contributed by atoms with Crippen molar-refractivity contribution in [3.63, 3.8) is 0 Å². The summed E-state index contributed by atoms with van der Waals surface area (Å²) in [6, 6.07) is 10.8. The van der Waals surface area contributed by atoms with Crippen LogP contribution in [0.5, 0.6) is 0 Å². The third kappa shape index (κ3) is 3.32. The largest absolute Gasteiger partial charge is 0.436 e. The topological polar surface area (TPSA) is 55.1 Å². The predicted octanol–water partition coefficient (Wildman–Crippen LogP) is 6.21. The number of rotatable bonds is 3. The molecule has 0 spiro atoms. The van der Waals surface area contributed by atoms with Gasteiger partial charge in [0.2, 0.25) is 11.7 Å². The maximum atomic E-state index is 14.0. The second kappa shape index (κ2) is 7.52. The molecule has 0 bridgehead atoms. The molecule has 10 heteroatoms. The van der Waals surface area contributed by atoms with E-state index in [-0.39, 0.29) is 16.8 Å². The molecule has 4 rings (SSSR count). The first kappa shape index (κ1) is 20.0. The van der Waals surface area contributed by atoms with Gasteiger partial charge in [0.05, 0.1) is 5.56 Å².